The lowest BCUT2D eigenvalue weighted by Gasteiger charge is -2.24. The average molecular weight is 264 g/mol. The molecule has 18 heavy (non-hydrogen) atoms. The van der Waals surface area contributed by atoms with Crippen molar-refractivity contribution < 1.29 is 4.39 Å². The normalized spacial score (nSPS) is 29.5. The Labute approximate surface area is 112 Å². The quantitative estimate of drug-likeness (QED) is 0.824. The monoisotopic (exact) mass is 264 g/mol. The Balaban J connectivity index is 1.75. The fraction of sp³-hybridized carbons (Fsp3) is 0.500. The van der Waals surface area contributed by atoms with Crippen LogP contribution in [0.1, 0.15) is 31.2 Å². The minimum atomic E-state index is -0.261. The smallest absolute Gasteiger partial charge is 0.146 e. The Morgan fingerprint density at radius 1 is 1.33 bits per heavy atom. The van der Waals surface area contributed by atoms with Gasteiger partial charge in [-0.05, 0) is 49.3 Å². The van der Waals surface area contributed by atoms with E-state index >= 15 is 0 Å². The zero-order valence-corrected chi connectivity index (χ0v) is 11.0. The van der Waals surface area contributed by atoms with Crippen LogP contribution >= 0.6 is 12.2 Å². The first-order valence-corrected chi connectivity index (χ1v) is 6.90. The molecule has 2 aliphatic carbocycles. The van der Waals surface area contributed by atoms with Crippen molar-refractivity contribution in [3.63, 3.8) is 0 Å². The maximum Gasteiger partial charge on any atom is 0.146 e. The van der Waals surface area contributed by atoms with E-state index in [0.717, 1.165) is 11.8 Å². The molecule has 4 heteroatoms. The Hall–Kier alpha value is -1.16. The highest BCUT2D eigenvalue weighted by atomic mass is 32.1. The number of halogens is 1. The van der Waals surface area contributed by atoms with Gasteiger partial charge in [0.25, 0.3) is 0 Å². The van der Waals surface area contributed by atoms with E-state index in [2.05, 4.69) is 5.32 Å². The van der Waals surface area contributed by atoms with Gasteiger partial charge in [0.15, 0.2) is 0 Å². The zero-order valence-electron chi connectivity index (χ0n) is 10.2. The summed E-state index contributed by atoms with van der Waals surface area (Å²) in [4.78, 5) is 0.236. The van der Waals surface area contributed by atoms with Crippen LogP contribution in [0.15, 0.2) is 18.2 Å². The zero-order chi connectivity index (χ0) is 12.7. The summed E-state index contributed by atoms with van der Waals surface area (Å²) in [5, 5.41) is 3.35. The third-order valence-electron chi connectivity index (χ3n) is 4.33. The molecule has 2 fully saturated rings. The predicted molar refractivity (Wildman–Crippen MR) is 75.1 cm³/mol. The van der Waals surface area contributed by atoms with E-state index in [-0.39, 0.29) is 10.8 Å². The number of anilines is 1. The second-order valence-electron chi connectivity index (χ2n) is 5.48. The van der Waals surface area contributed by atoms with Gasteiger partial charge in [-0.3, -0.25) is 0 Å². The highest BCUT2D eigenvalue weighted by Crippen LogP contribution is 2.45. The van der Waals surface area contributed by atoms with Crippen molar-refractivity contribution in [1.29, 1.82) is 0 Å². The van der Waals surface area contributed by atoms with E-state index < -0.39 is 0 Å². The van der Waals surface area contributed by atoms with Crippen molar-refractivity contribution in [1.82, 2.24) is 0 Å². The molecule has 0 heterocycles. The molecular formula is C14H17FN2S. The van der Waals surface area contributed by atoms with Crippen LogP contribution in [0.25, 0.3) is 0 Å². The van der Waals surface area contributed by atoms with E-state index in [1.54, 1.807) is 12.1 Å². The minimum Gasteiger partial charge on any atom is -0.389 e. The van der Waals surface area contributed by atoms with Gasteiger partial charge < -0.3 is 11.1 Å². The molecule has 0 saturated heterocycles. The highest BCUT2D eigenvalue weighted by molar-refractivity contribution is 7.80. The van der Waals surface area contributed by atoms with Gasteiger partial charge in [-0.15, -0.1) is 0 Å². The van der Waals surface area contributed by atoms with Crippen molar-refractivity contribution in [2.45, 2.75) is 31.7 Å². The first-order valence-electron chi connectivity index (χ1n) is 6.49. The fourth-order valence-corrected chi connectivity index (χ4v) is 3.53. The molecule has 1 aromatic rings. The molecule has 3 atom stereocenters. The summed E-state index contributed by atoms with van der Waals surface area (Å²) >= 11 is 4.84. The number of hydrogen-bond acceptors (Lipinski definition) is 2. The Kier molecular flexibility index (Phi) is 2.98. The molecule has 2 aliphatic rings. The van der Waals surface area contributed by atoms with E-state index in [0.29, 0.717) is 17.3 Å². The molecule has 3 unspecified atom stereocenters. The lowest BCUT2D eigenvalue weighted by Crippen LogP contribution is -2.26. The van der Waals surface area contributed by atoms with Crippen LogP contribution in [0.5, 0.6) is 0 Å². The third kappa shape index (κ3) is 2.09. The number of nitrogens with one attached hydrogen (secondary N) is 1. The topological polar surface area (TPSA) is 38.0 Å². The van der Waals surface area contributed by atoms with Crippen molar-refractivity contribution in [2.75, 3.05) is 5.32 Å². The summed E-state index contributed by atoms with van der Waals surface area (Å²) in [5.41, 5.74) is 6.65. The molecule has 0 aliphatic heterocycles. The van der Waals surface area contributed by atoms with E-state index in [1.807, 2.05) is 0 Å². The molecule has 0 aromatic heterocycles. The van der Waals surface area contributed by atoms with Gasteiger partial charge in [0.05, 0.1) is 5.69 Å². The van der Waals surface area contributed by atoms with E-state index in [1.165, 1.54) is 31.7 Å². The van der Waals surface area contributed by atoms with Gasteiger partial charge in [0.1, 0.15) is 10.8 Å². The maximum atomic E-state index is 13.9. The SMILES string of the molecule is NC(=S)c1ccc(NC2CC3CCC2C3)c(F)c1. The molecule has 3 rings (SSSR count). The van der Waals surface area contributed by atoms with Gasteiger partial charge in [-0.2, -0.15) is 0 Å². The van der Waals surface area contributed by atoms with Crippen molar-refractivity contribution in [3.05, 3.63) is 29.6 Å². The lowest BCUT2D eigenvalue weighted by molar-refractivity contribution is 0.438. The summed E-state index contributed by atoms with van der Waals surface area (Å²) in [6, 6.07) is 5.38. The van der Waals surface area contributed by atoms with Crippen molar-refractivity contribution in [2.24, 2.45) is 17.6 Å². The first kappa shape index (κ1) is 11.9. The van der Waals surface area contributed by atoms with Crippen molar-refractivity contribution >= 4 is 22.9 Å². The second kappa shape index (κ2) is 4.50. The van der Waals surface area contributed by atoms with Crippen LogP contribution in [-0.4, -0.2) is 11.0 Å². The third-order valence-corrected chi connectivity index (χ3v) is 4.57. The Bertz CT molecular complexity index is 489. The largest absolute Gasteiger partial charge is 0.389 e. The number of hydrogen-bond donors (Lipinski definition) is 2. The van der Waals surface area contributed by atoms with Gasteiger partial charge in [-0.1, -0.05) is 18.6 Å². The number of fused-ring (bicyclic) bond motifs is 2. The average Bonchev–Trinajstić information content (AvgIpc) is 2.93. The molecular weight excluding hydrogens is 247 g/mol. The molecule has 2 bridgehead atoms. The van der Waals surface area contributed by atoms with Gasteiger partial charge in [-0.25, -0.2) is 4.39 Å². The fourth-order valence-electron chi connectivity index (χ4n) is 3.41. The second-order valence-corrected chi connectivity index (χ2v) is 5.92. The Morgan fingerprint density at radius 2 is 2.17 bits per heavy atom. The molecule has 3 N–H and O–H groups in total. The van der Waals surface area contributed by atoms with Gasteiger partial charge in [0.2, 0.25) is 0 Å². The maximum absolute atomic E-state index is 13.9. The number of nitrogens with two attached hydrogens (primary N) is 1. The summed E-state index contributed by atoms with van der Waals surface area (Å²) in [6.07, 6.45) is 5.13. The van der Waals surface area contributed by atoms with Crippen LogP contribution in [0.4, 0.5) is 10.1 Å². The van der Waals surface area contributed by atoms with Crippen molar-refractivity contribution in [3.8, 4) is 0 Å². The van der Waals surface area contributed by atoms with Crippen LogP contribution in [-0.2, 0) is 0 Å². The summed E-state index contributed by atoms with van der Waals surface area (Å²) in [6.45, 7) is 0. The molecule has 1 aromatic carbocycles. The van der Waals surface area contributed by atoms with Crippen LogP contribution in [0.2, 0.25) is 0 Å². The number of thiocarbonyl (C=S) groups is 1. The first-order chi connectivity index (χ1) is 8.63. The lowest BCUT2D eigenvalue weighted by atomic mass is 9.95. The molecule has 0 spiro atoms. The number of rotatable bonds is 3. The van der Waals surface area contributed by atoms with Gasteiger partial charge >= 0.3 is 0 Å². The Morgan fingerprint density at radius 3 is 2.72 bits per heavy atom. The highest BCUT2D eigenvalue weighted by Gasteiger charge is 2.39. The molecule has 0 amide bonds. The van der Waals surface area contributed by atoms with Crippen LogP contribution in [0, 0.1) is 17.7 Å². The number of benzene rings is 1. The molecule has 2 saturated carbocycles. The molecule has 0 radical (unpaired) electrons. The summed E-state index contributed by atoms with van der Waals surface area (Å²) < 4.78 is 13.9. The predicted octanol–water partition coefficient (Wildman–Crippen LogP) is 3.06. The molecule has 96 valence electrons. The van der Waals surface area contributed by atoms with E-state index in [9.17, 15) is 4.39 Å². The summed E-state index contributed by atoms with van der Waals surface area (Å²) in [5.74, 6) is 1.32. The summed E-state index contributed by atoms with van der Waals surface area (Å²) in [7, 11) is 0. The van der Waals surface area contributed by atoms with Gasteiger partial charge in [0, 0.05) is 11.6 Å². The standard InChI is InChI=1S/C14H17FN2S/c15-11-7-10(14(16)18)3-4-12(11)17-13-6-8-1-2-9(13)5-8/h3-4,7-9,13,17H,1-2,5-6H2,(H2,16,18). The molecule has 2 nitrogen and oxygen atoms in total. The van der Waals surface area contributed by atoms with Crippen LogP contribution in [0.3, 0.4) is 0 Å². The van der Waals surface area contributed by atoms with E-state index in [4.69, 9.17) is 18.0 Å². The van der Waals surface area contributed by atoms with Crippen LogP contribution < -0.4 is 11.1 Å². The minimum absolute atomic E-state index is 0.236.